The van der Waals surface area contributed by atoms with Gasteiger partial charge in [0.2, 0.25) is 0 Å². The summed E-state index contributed by atoms with van der Waals surface area (Å²) in [6.45, 7) is 0. The number of amides is 1. The highest BCUT2D eigenvalue weighted by Gasteiger charge is 2.14. The van der Waals surface area contributed by atoms with Crippen molar-refractivity contribution < 1.29 is 4.79 Å². The lowest BCUT2D eigenvalue weighted by atomic mass is 9.97. The van der Waals surface area contributed by atoms with Gasteiger partial charge in [-0.1, -0.05) is 63.9 Å². The van der Waals surface area contributed by atoms with Crippen LogP contribution in [0.5, 0.6) is 0 Å². The molecule has 0 unspecified atom stereocenters. The predicted octanol–water partition coefficient (Wildman–Crippen LogP) is 6.29. The molecule has 5 heteroatoms. The van der Waals surface area contributed by atoms with E-state index in [2.05, 4.69) is 15.6 Å². The molecule has 0 saturated heterocycles. The molecule has 27 heavy (non-hydrogen) atoms. The molecule has 0 radical (unpaired) electrons. The van der Waals surface area contributed by atoms with Crippen molar-refractivity contribution in [3.05, 3.63) is 41.4 Å². The van der Waals surface area contributed by atoms with Gasteiger partial charge >= 0.3 is 0 Å². The average Bonchev–Trinajstić information content (AvgIpc) is 3.17. The van der Waals surface area contributed by atoms with Gasteiger partial charge in [-0.05, 0) is 31.0 Å². The van der Waals surface area contributed by atoms with E-state index >= 15 is 0 Å². The van der Waals surface area contributed by atoms with Crippen molar-refractivity contribution in [1.29, 1.82) is 0 Å². The molecule has 0 spiro atoms. The fourth-order valence-corrected chi connectivity index (χ4v) is 4.27. The summed E-state index contributed by atoms with van der Waals surface area (Å²) in [7, 11) is 0. The zero-order valence-electron chi connectivity index (χ0n) is 16.1. The van der Waals surface area contributed by atoms with Crippen LogP contribution in [0.3, 0.4) is 0 Å². The largest absolute Gasteiger partial charge is 0.349 e. The number of carbonyl (C=O) groups excluding carboxylic acids is 1. The number of nitrogens with one attached hydrogen (secondary N) is 2. The number of nitrogens with zero attached hydrogens (tertiary/aromatic N) is 1. The van der Waals surface area contributed by atoms with Crippen molar-refractivity contribution in [2.45, 2.75) is 76.7 Å². The van der Waals surface area contributed by atoms with Gasteiger partial charge in [-0.3, -0.25) is 4.79 Å². The van der Waals surface area contributed by atoms with Crippen molar-refractivity contribution in [2.75, 3.05) is 5.32 Å². The molecule has 1 aliphatic rings. The molecular weight excluding hydrogens is 354 g/mol. The first-order chi connectivity index (χ1) is 13.3. The van der Waals surface area contributed by atoms with E-state index in [0.29, 0.717) is 11.6 Å². The Morgan fingerprint density at radius 3 is 2.26 bits per heavy atom. The SMILES string of the molecule is O=C(NC1CCCCCCCCCCC1)c1cccc(Nc2nccs2)c1. The highest BCUT2D eigenvalue weighted by atomic mass is 32.1. The van der Waals surface area contributed by atoms with E-state index < -0.39 is 0 Å². The monoisotopic (exact) mass is 385 g/mol. The molecule has 0 aliphatic heterocycles. The summed E-state index contributed by atoms with van der Waals surface area (Å²) in [6.07, 6.45) is 15.8. The van der Waals surface area contributed by atoms with E-state index in [9.17, 15) is 4.79 Å². The second-order valence-corrected chi connectivity index (χ2v) is 8.37. The molecule has 1 aliphatic carbocycles. The molecule has 0 atom stereocenters. The lowest BCUT2D eigenvalue weighted by Gasteiger charge is -2.20. The molecule has 4 nitrogen and oxygen atoms in total. The Balaban J connectivity index is 1.56. The third-order valence-electron chi connectivity index (χ3n) is 5.25. The molecule has 1 amide bonds. The molecule has 2 N–H and O–H groups in total. The summed E-state index contributed by atoms with van der Waals surface area (Å²) in [5.74, 6) is 0.0369. The Bertz CT molecular complexity index is 675. The van der Waals surface area contributed by atoms with E-state index in [0.717, 1.165) is 23.7 Å². The number of hydrogen-bond acceptors (Lipinski definition) is 4. The lowest BCUT2D eigenvalue weighted by Crippen LogP contribution is -2.35. The van der Waals surface area contributed by atoms with Crippen molar-refractivity contribution >= 4 is 28.1 Å². The molecule has 1 saturated carbocycles. The van der Waals surface area contributed by atoms with E-state index in [-0.39, 0.29) is 5.91 Å². The van der Waals surface area contributed by atoms with Crippen LogP contribution in [0.4, 0.5) is 10.8 Å². The summed E-state index contributed by atoms with van der Waals surface area (Å²) in [6, 6.07) is 7.98. The molecule has 0 bridgehead atoms. The van der Waals surface area contributed by atoms with Crippen molar-refractivity contribution in [3.63, 3.8) is 0 Å². The number of hydrogen-bond donors (Lipinski definition) is 2. The Hall–Kier alpha value is -1.88. The lowest BCUT2D eigenvalue weighted by molar-refractivity contribution is 0.0931. The molecule has 1 aromatic heterocycles. The smallest absolute Gasteiger partial charge is 0.251 e. The number of carbonyl (C=O) groups is 1. The average molecular weight is 386 g/mol. The molecule has 1 aromatic carbocycles. The van der Waals surface area contributed by atoms with Crippen LogP contribution in [0.2, 0.25) is 0 Å². The van der Waals surface area contributed by atoms with E-state index in [4.69, 9.17) is 0 Å². The van der Waals surface area contributed by atoms with Crippen LogP contribution in [0, 0.1) is 0 Å². The number of thiazole rings is 1. The van der Waals surface area contributed by atoms with Crippen molar-refractivity contribution in [2.24, 2.45) is 0 Å². The number of rotatable bonds is 4. The van der Waals surface area contributed by atoms with Crippen LogP contribution in [-0.4, -0.2) is 16.9 Å². The van der Waals surface area contributed by atoms with Gasteiger partial charge in [-0.15, -0.1) is 11.3 Å². The van der Waals surface area contributed by atoms with Gasteiger partial charge in [-0.25, -0.2) is 4.98 Å². The minimum Gasteiger partial charge on any atom is -0.349 e. The van der Waals surface area contributed by atoms with Crippen LogP contribution >= 0.6 is 11.3 Å². The first-order valence-corrected chi connectivity index (χ1v) is 11.3. The predicted molar refractivity (Wildman–Crippen MR) is 114 cm³/mol. The summed E-state index contributed by atoms with van der Waals surface area (Å²) in [5.41, 5.74) is 1.61. The molecule has 3 rings (SSSR count). The zero-order chi connectivity index (χ0) is 18.7. The third kappa shape index (κ3) is 6.98. The van der Waals surface area contributed by atoms with Crippen molar-refractivity contribution in [3.8, 4) is 0 Å². The molecule has 146 valence electrons. The first kappa shape index (κ1) is 19.9. The highest BCUT2D eigenvalue weighted by molar-refractivity contribution is 7.13. The molecule has 1 heterocycles. The maximum absolute atomic E-state index is 12.8. The Labute approximate surface area is 166 Å². The van der Waals surface area contributed by atoms with Gasteiger partial charge in [0.15, 0.2) is 5.13 Å². The van der Waals surface area contributed by atoms with Gasteiger partial charge in [0, 0.05) is 28.9 Å². The maximum Gasteiger partial charge on any atom is 0.251 e. The topological polar surface area (TPSA) is 54.0 Å². The van der Waals surface area contributed by atoms with Crippen LogP contribution in [0.15, 0.2) is 35.8 Å². The van der Waals surface area contributed by atoms with Crippen LogP contribution in [-0.2, 0) is 0 Å². The van der Waals surface area contributed by atoms with Crippen molar-refractivity contribution in [1.82, 2.24) is 10.3 Å². The molecule has 2 aromatic rings. The van der Waals surface area contributed by atoms with E-state index in [1.807, 2.05) is 29.6 Å². The quantitative estimate of drug-likeness (QED) is 0.650. The summed E-state index contributed by atoms with van der Waals surface area (Å²) in [4.78, 5) is 17.0. The standard InChI is InChI=1S/C22H31N3OS/c26-21(18-11-10-14-20(17-18)25-22-23-15-16-27-22)24-19-12-8-6-4-2-1-3-5-7-9-13-19/h10-11,14-17,19H,1-9,12-13H2,(H,23,25)(H,24,26). The second-order valence-electron chi connectivity index (χ2n) is 7.47. The summed E-state index contributed by atoms with van der Waals surface area (Å²) < 4.78 is 0. The maximum atomic E-state index is 12.8. The molecule has 1 fully saturated rings. The number of aromatic nitrogens is 1. The fraction of sp³-hybridized carbons (Fsp3) is 0.545. The first-order valence-electron chi connectivity index (χ1n) is 10.4. The number of benzene rings is 1. The third-order valence-corrected chi connectivity index (χ3v) is 5.94. The second kappa shape index (κ2) is 11.1. The van der Waals surface area contributed by atoms with E-state index in [1.54, 1.807) is 17.5 Å². The van der Waals surface area contributed by atoms with Gasteiger partial charge in [-0.2, -0.15) is 0 Å². The van der Waals surface area contributed by atoms with Crippen LogP contribution in [0.1, 0.15) is 81.0 Å². The minimum atomic E-state index is 0.0369. The van der Waals surface area contributed by atoms with Gasteiger partial charge in [0.25, 0.3) is 5.91 Å². The number of anilines is 2. The van der Waals surface area contributed by atoms with Gasteiger partial charge < -0.3 is 10.6 Å². The van der Waals surface area contributed by atoms with Crippen LogP contribution < -0.4 is 10.6 Å². The van der Waals surface area contributed by atoms with Gasteiger partial charge in [0.1, 0.15) is 0 Å². The minimum absolute atomic E-state index is 0.0369. The summed E-state index contributed by atoms with van der Waals surface area (Å²) >= 11 is 1.55. The zero-order valence-corrected chi connectivity index (χ0v) is 16.9. The van der Waals surface area contributed by atoms with Gasteiger partial charge in [0.05, 0.1) is 0 Å². The Morgan fingerprint density at radius 2 is 1.63 bits per heavy atom. The fourth-order valence-electron chi connectivity index (χ4n) is 3.72. The highest BCUT2D eigenvalue weighted by Crippen LogP contribution is 2.20. The Morgan fingerprint density at radius 1 is 0.963 bits per heavy atom. The Kier molecular flexibility index (Phi) is 8.15. The summed E-state index contributed by atoms with van der Waals surface area (Å²) in [5, 5.41) is 9.32. The molecular formula is C22H31N3OS. The van der Waals surface area contributed by atoms with Crippen LogP contribution in [0.25, 0.3) is 0 Å². The van der Waals surface area contributed by atoms with E-state index in [1.165, 1.54) is 57.8 Å². The normalized spacial score (nSPS) is 17.5.